The quantitative estimate of drug-likeness (QED) is 0.889. The van der Waals surface area contributed by atoms with E-state index in [1.54, 1.807) is 23.5 Å². The second-order valence-corrected chi connectivity index (χ2v) is 5.14. The van der Waals surface area contributed by atoms with Crippen LogP contribution in [0.15, 0.2) is 35.7 Å². The van der Waals surface area contributed by atoms with Gasteiger partial charge in [0, 0.05) is 11.4 Å². The Bertz CT molecular complexity index is 535. The molecule has 0 spiro atoms. The molecule has 4 heteroatoms. The Kier molecular flexibility index (Phi) is 3.99. The van der Waals surface area contributed by atoms with Crippen molar-refractivity contribution in [2.24, 2.45) is 0 Å². The van der Waals surface area contributed by atoms with E-state index < -0.39 is 0 Å². The van der Waals surface area contributed by atoms with Crippen LogP contribution in [0.4, 0.5) is 0 Å². The minimum atomic E-state index is -0.232. The molecule has 0 aliphatic heterocycles. The largest absolute Gasteiger partial charge is 0.507 e. The lowest BCUT2D eigenvalue weighted by Gasteiger charge is -2.06. The van der Waals surface area contributed by atoms with Crippen LogP contribution in [0.25, 0.3) is 0 Å². The van der Waals surface area contributed by atoms with Crippen LogP contribution in [0.1, 0.15) is 20.8 Å². The summed E-state index contributed by atoms with van der Waals surface area (Å²) in [5.74, 6) is -0.201. The number of amides is 1. The first-order valence-corrected chi connectivity index (χ1v) is 6.65. The van der Waals surface area contributed by atoms with Crippen LogP contribution >= 0.6 is 11.3 Å². The SMILES string of the molecule is Cc1ccc(C(=O)NCCc2cccs2)c(O)c1. The number of phenols is 1. The van der Waals surface area contributed by atoms with Crippen molar-refractivity contribution in [3.05, 3.63) is 51.7 Å². The summed E-state index contributed by atoms with van der Waals surface area (Å²) in [7, 11) is 0. The Hall–Kier alpha value is -1.81. The maximum absolute atomic E-state index is 11.8. The summed E-state index contributed by atoms with van der Waals surface area (Å²) in [6.07, 6.45) is 0.816. The number of rotatable bonds is 4. The first kappa shape index (κ1) is 12.6. The first-order valence-electron chi connectivity index (χ1n) is 5.77. The summed E-state index contributed by atoms with van der Waals surface area (Å²) >= 11 is 1.67. The molecule has 0 unspecified atom stereocenters. The van der Waals surface area contributed by atoms with Crippen molar-refractivity contribution in [2.45, 2.75) is 13.3 Å². The number of carbonyl (C=O) groups is 1. The third kappa shape index (κ3) is 3.11. The maximum atomic E-state index is 11.8. The van der Waals surface area contributed by atoms with E-state index in [2.05, 4.69) is 5.32 Å². The van der Waals surface area contributed by atoms with E-state index in [-0.39, 0.29) is 11.7 Å². The first-order chi connectivity index (χ1) is 8.66. The third-order valence-corrected chi connectivity index (χ3v) is 3.57. The molecular weight excluding hydrogens is 246 g/mol. The van der Waals surface area contributed by atoms with Gasteiger partial charge in [0.2, 0.25) is 0 Å². The summed E-state index contributed by atoms with van der Waals surface area (Å²) < 4.78 is 0. The predicted molar refractivity (Wildman–Crippen MR) is 73.2 cm³/mol. The number of phenolic OH excluding ortho intramolecular Hbond substituents is 1. The normalized spacial score (nSPS) is 10.3. The average molecular weight is 261 g/mol. The zero-order valence-corrected chi connectivity index (χ0v) is 11.0. The molecular formula is C14H15NO2S. The van der Waals surface area contributed by atoms with E-state index in [1.807, 2.05) is 30.5 Å². The van der Waals surface area contributed by atoms with Crippen molar-refractivity contribution in [3.8, 4) is 5.75 Å². The summed E-state index contributed by atoms with van der Waals surface area (Å²) in [5, 5.41) is 14.5. The highest BCUT2D eigenvalue weighted by molar-refractivity contribution is 7.09. The molecule has 0 aliphatic carbocycles. The molecule has 0 atom stereocenters. The molecule has 0 bridgehead atoms. The predicted octanol–water partition coefficient (Wildman–Crippen LogP) is 2.73. The van der Waals surface area contributed by atoms with Crippen molar-refractivity contribution >= 4 is 17.2 Å². The smallest absolute Gasteiger partial charge is 0.255 e. The fraction of sp³-hybridized carbons (Fsp3) is 0.214. The monoisotopic (exact) mass is 261 g/mol. The number of hydrogen-bond donors (Lipinski definition) is 2. The van der Waals surface area contributed by atoms with Crippen molar-refractivity contribution in [1.29, 1.82) is 0 Å². The molecule has 0 radical (unpaired) electrons. The summed E-state index contributed by atoms with van der Waals surface area (Å²) in [6.45, 7) is 2.45. The fourth-order valence-corrected chi connectivity index (χ4v) is 2.39. The number of aryl methyl sites for hydroxylation is 1. The van der Waals surface area contributed by atoms with E-state index in [0.717, 1.165) is 12.0 Å². The van der Waals surface area contributed by atoms with Gasteiger partial charge >= 0.3 is 0 Å². The number of carbonyl (C=O) groups excluding carboxylic acids is 1. The van der Waals surface area contributed by atoms with Crippen LogP contribution in [-0.2, 0) is 6.42 Å². The van der Waals surface area contributed by atoms with Gasteiger partial charge in [-0.15, -0.1) is 11.3 Å². The summed E-state index contributed by atoms with van der Waals surface area (Å²) in [5.41, 5.74) is 1.26. The van der Waals surface area contributed by atoms with Gasteiger partial charge in [0.05, 0.1) is 5.56 Å². The Morgan fingerprint density at radius 2 is 2.22 bits per heavy atom. The highest BCUT2D eigenvalue weighted by Gasteiger charge is 2.10. The Morgan fingerprint density at radius 1 is 1.39 bits per heavy atom. The zero-order chi connectivity index (χ0) is 13.0. The average Bonchev–Trinajstić information content (AvgIpc) is 2.81. The highest BCUT2D eigenvalue weighted by Crippen LogP contribution is 2.18. The minimum Gasteiger partial charge on any atom is -0.507 e. The van der Waals surface area contributed by atoms with Crippen LogP contribution in [0.3, 0.4) is 0 Å². The van der Waals surface area contributed by atoms with Crippen LogP contribution in [0.2, 0.25) is 0 Å². The molecule has 3 nitrogen and oxygen atoms in total. The Morgan fingerprint density at radius 3 is 2.89 bits per heavy atom. The van der Waals surface area contributed by atoms with Crippen LogP contribution < -0.4 is 5.32 Å². The Labute approximate surface area is 110 Å². The fourth-order valence-electron chi connectivity index (χ4n) is 1.68. The lowest BCUT2D eigenvalue weighted by atomic mass is 10.1. The molecule has 2 aromatic rings. The molecule has 0 fully saturated rings. The van der Waals surface area contributed by atoms with Gasteiger partial charge in [-0.1, -0.05) is 12.1 Å². The topological polar surface area (TPSA) is 49.3 Å². The molecule has 1 amide bonds. The molecule has 2 rings (SSSR count). The molecule has 1 aromatic heterocycles. The minimum absolute atomic E-state index is 0.0311. The number of thiophene rings is 1. The number of nitrogens with one attached hydrogen (secondary N) is 1. The lowest BCUT2D eigenvalue weighted by molar-refractivity contribution is 0.0951. The molecule has 0 saturated heterocycles. The lowest BCUT2D eigenvalue weighted by Crippen LogP contribution is -2.25. The van der Waals surface area contributed by atoms with E-state index in [0.29, 0.717) is 12.1 Å². The van der Waals surface area contributed by atoms with E-state index in [9.17, 15) is 9.90 Å². The third-order valence-electron chi connectivity index (χ3n) is 2.63. The Balaban J connectivity index is 1.91. The summed E-state index contributed by atoms with van der Waals surface area (Å²) in [6, 6.07) is 9.08. The zero-order valence-electron chi connectivity index (χ0n) is 10.1. The van der Waals surface area contributed by atoms with Gasteiger partial charge in [-0.05, 0) is 42.5 Å². The van der Waals surface area contributed by atoms with Crippen molar-refractivity contribution in [3.63, 3.8) is 0 Å². The van der Waals surface area contributed by atoms with E-state index in [1.165, 1.54) is 4.88 Å². The van der Waals surface area contributed by atoms with Gasteiger partial charge in [-0.25, -0.2) is 0 Å². The van der Waals surface area contributed by atoms with E-state index in [4.69, 9.17) is 0 Å². The maximum Gasteiger partial charge on any atom is 0.255 e. The number of hydrogen-bond acceptors (Lipinski definition) is 3. The van der Waals surface area contributed by atoms with Gasteiger partial charge in [-0.2, -0.15) is 0 Å². The van der Waals surface area contributed by atoms with Crippen LogP contribution in [0, 0.1) is 6.92 Å². The number of aromatic hydroxyl groups is 1. The van der Waals surface area contributed by atoms with Crippen molar-refractivity contribution in [1.82, 2.24) is 5.32 Å². The highest BCUT2D eigenvalue weighted by atomic mass is 32.1. The van der Waals surface area contributed by atoms with Crippen LogP contribution in [-0.4, -0.2) is 17.6 Å². The van der Waals surface area contributed by atoms with Gasteiger partial charge in [0.15, 0.2) is 0 Å². The van der Waals surface area contributed by atoms with Gasteiger partial charge < -0.3 is 10.4 Å². The second kappa shape index (κ2) is 5.69. The van der Waals surface area contributed by atoms with Crippen LogP contribution in [0.5, 0.6) is 5.75 Å². The molecule has 0 saturated carbocycles. The van der Waals surface area contributed by atoms with Gasteiger partial charge in [0.1, 0.15) is 5.75 Å². The van der Waals surface area contributed by atoms with Crippen molar-refractivity contribution < 1.29 is 9.90 Å². The van der Waals surface area contributed by atoms with E-state index >= 15 is 0 Å². The standard InChI is InChI=1S/C14H15NO2S/c1-10-4-5-12(13(16)9-10)14(17)15-7-6-11-3-2-8-18-11/h2-5,8-9,16H,6-7H2,1H3,(H,15,17). The molecule has 2 N–H and O–H groups in total. The van der Waals surface area contributed by atoms with Gasteiger partial charge in [0.25, 0.3) is 5.91 Å². The molecule has 0 aliphatic rings. The molecule has 94 valence electrons. The molecule has 1 aromatic carbocycles. The summed E-state index contributed by atoms with van der Waals surface area (Å²) in [4.78, 5) is 13.1. The molecule has 1 heterocycles. The molecule has 18 heavy (non-hydrogen) atoms. The van der Waals surface area contributed by atoms with Gasteiger partial charge in [-0.3, -0.25) is 4.79 Å². The number of benzene rings is 1. The second-order valence-electron chi connectivity index (χ2n) is 4.11. The van der Waals surface area contributed by atoms with Crippen molar-refractivity contribution in [2.75, 3.05) is 6.54 Å².